The number of carbonyl (C=O) groups excluding carboxylic acids is 1. The maximum atomic E-state index is 12.9. The molecule has 0 saturated heterocycles. The number of hydrogen-bond donors (Lipinski definition) is 0. The zero-order chi connectivity index (χ0) is 16.4. The second-order valence-electron chi connectivity index (χ2n) is 6.10. The van der Waals surface area contributed by atoms with Crippen LogP contribution in [0.1, 0.15) is 31.7 Å². The van der Waals surface area contributed by atoms with Crippen molar-refractivity contribution in [1.82, 2.24) is 14.5 Å². The van der Waals surface area contributed by atoms with Crippen molar-refractivity contribution in [1.29, 1.82) is 0 Å². The van der Waals surface area contributed by atoms with Crippen LogP contribution in [0.25, 0.3) is 10.9 Å². The highest BCUT2D eigenvalue weighted by atomic mass is 32.2. The number of thioether (sulfide) groups is 1. The van der Waals surface area contributed by atoms with Crippen molar-refractivity contribution in [2.24, 2.45) is 0 Å². The molecule has 0 aliphatic heterocycles. The van der Waals surface area contributed by atoms with E-state index in [-0.39, 0.29) is 17.5 Å². The summed E-state index contributed by atoms with van der Waals surface area (Å²) in [6, 6.07) is 7.64. The van der Waals surface area contributed by atoms with Crippen molar-refractivity contribution in [3.8, 4) is 0 Å². The summed E-state index contributed by atoms with van der Waals surface area (Å²) in [5.41, 5.74) is 0.717. The van der Waals surface area contributed by atoms with Crippen LogP contribution in [0.15, 0.2) is 34.2 Å². The van der Waals surface area contributed by atoms with Gasteiger partial charge in [0.25, 0.3) is 5.56 Å². The Kier molecular flexibility index (Phi) is 4.71. The molecule has 3 rings (SSSR count). The van der Waals surface area contributed by atoms with Crippen molar-refractivity contribution >= 4 is 28.6 Å². The summed E-state index contributed by atoms with van der Waals surface area (Å²) in [5, 5.41) is 1.32. The van der Waals surface area contributed by atoms with Crippen LogP contribution in [0.4, 0.5) is 0 Å². The highest BCUT2D eigenvalue weighted by molar-refractivity contribution is 7.99. The second kappa shape index (κ2) is 6.74. The maximum Gasteiger partial charge on any atom is 0.262 e. The Morgan fingerprint density at radius 2 is 2.00 bits per heavy atom. The number of fused-ring (bicyclic) bond motifs is 1. The standard InChI is InChI=1S/C17H21N3O2S/c1-19(2)15(21)11-23-17-18-14-10-6-5-9-13(14)16(22)20(17)12-7-3-4-8-12/h5-6,9-10,12H,3-4,7-8,11H2,1-2H3. The molecule has 1 aromatic carbocycles. The third kappa shape index (κ3) is 3.27. The number of benzene rings is 1. The van der Waals surface area contributed by atoms with Gasteiger partial charge in [0.15, 0.2) is 5.16 Å². The van der Waals surface area contributed by atoms with E-state index in [4.69, 9.17) is 0 Å². The van der Waals surface area contributed by atoms with E-state index in [0.29, 0.717) is 21.8 Å². The lowest BCUT2D eigenvalue weighted by Gasteiger charge is -2.19. The number of hydrogen-bond acceptors (Lipinski definition) is 4. The molecule has 0 unspecified atom stereocenters. The fourth-order valence-electron chi connectivity index (χ4n) is 2.97. The van der Waals surface area contributed by atoms with Crippen molar-refractivity contribution in [3.05, 3.63) is 34.6 Å². The Labute approximate surface area is 139 Å². The van der Waals surface area contributed by atoms with Crippen LogP contribution in [0.2, 0.25) is 0 Å². The zero-order valence-electron chi connectivity index (χ0n) is 13.5. The predicted molar refractivity (Wildman–Crippen MR) is 92.9 cm³/mol. The lowest BCUT2D eigenvalue weighted by atomic mass is 10.2. The molecule has 2 aromatic rings. The third-order valence-electron chi connectivity index (χ3n) is 4.29. The van der Waals surface area contributed by atoms with Crippen LogP contribution in [0.3, 0.4) is 0 Å². The molecule has 122 valence electrons. The lowest BCUT2D eigenvalue weighted by molar-refractivity contribution is -0.125. The van der Waals surface area contributed by atoms with Gasteiger partial charge in [-0.3, -0.25) is 14.2 Å². The number of amides is 1. The molecule has 0 radical (unpaired) electrons. The van der Waals surface area contributed by atoms with Crippen LogP contribution in [0, 0.1) is 0 Å². The van der Waals surface area contributed by atoms with E-state index in [1.54, 1.807) is 19.0 Å². The fourth-order valence-corrected chi connectivity index (χ4v) is 4.01. The number of para-hydroxylation sites is 1. The molecule has 6 heteroatoms. The molecule has 0 bridgehead atoms. The molecule has 0 atom stereocenters. The van der Waals surface area contributed by atoms with E-state index in [9.17, 15) is 9.59 Å². The van der Waals surface area contributed by atoms with Gasteiger partial charge in [-0.05, 0) is 25.0 Å². The van der Waals surface area contributed by atoms with Gasteiger partial charge in [-0.15, -0.1) is 0 Å². The summed E-state index contributed by atoms with van der Waals surface area (Å²) in [4.78, 5) is 31.0. The first-order chi connectivity index (χ1) is 11.1. The lowest BCUT2D eigenvalue weighted by Crippen LogP contribution is -2.28. The van der Waals surface area contributed by atoms with Gasteiger partial charge in [-0.1, -0.05) is 36.7 Å². The molecule has 1 fully saturated rings. The Balaban J connectivity index is 2.04. The number of nitrogens with zero attached hydrogens (tertiary/aromatic N) is 3. The summed E-state index contributed by atoms with van der Waals surface area (Å²) in [7, 11) is 3.47. The average Bonchev–Trinajstić information content (AvgIpc) is 3.06. The highest BCUT2D eigenvalue weighted by Gasteiger charge is 2.23. The molecule has 1 saturated carbocycles. The van der Waals surface area contributed by atoms with Crippen molar-refractivity contribution in [2.75, 3.05) is 19.8 Å². The Morgan fingerprint density at radius 1 is 1.30 bits per heavy atom. The molecule has 1 heterocycles. The van der Waals surface area contributed by atoms with Gasteiger partial charge in [-0.25, -0.2) is 4.98 Å². The van der Waals surface area contributed by atoms with Crippen LogP contribution in [-0.4, -0.2) is 40.2 Å². The second-order valence-corrected chi connectivity index (χ2v) is 7.04. The van der Waals surface area contributed by atoms with E-state index in [0.717, 1.165) is 25.7 Å². The van der Waals surface area contributed by atoms with Crippen molar-refractivity contribution in [3.63, 3.8) is 0 Å². The van der Waals surface area contributed by atoms with Gasteiger partial charge in [-0.2, -0.15) is 0 Å². The summed E-state index contributed by atoms with van der Waals surface area (Å²) < 4.78 is 1.82. The molecule has 1 aromatic heterocycles. The quantitative estimate of drug-likeness (QED) is 0.638. The minimum atomic E-state index is 0.0160. The minimum Gasteiger partial charge on any atom is -0.348 e. The maximum absolute atomic E-state index is 12.9. The molecule has 0 N–H and O–H groups in total. The molecule has 0 spiro atoms. The Morgan fingerprint density at radius 3 is 2.70 bits per heavy atom. The zero-order valence-corrected chi connectivity index (χ0v) is 14.3. The molecule has 23 heavy (non-hydrogen) atoms. The molecular formula is C17H21N3O2S. The Hall–Kier alpha value is -1.82. The van der Waals surface area contributed by atoms with Gasteiger partial charge in [0.05, 0.1) is 16.7 Å². The fraction of sp³-hybridized carbons (Fsp3) is 0.471. The number of aromatic nitrogens is 2. The van der Waals surface area contributed by atoms with Gasteiger partial charge >= 0.3 is 0 Å². The topological polar surface area (TPSA) is 55.2 Å². The van der Waals surface area contributed by atoms with Crippen LogP contribution in [0.5, 0.6) is 0 Å². The molecule has 1 amide bonds. The number of rotatable bonds is 4. The van der Waals surface area contributed by atoms with Crippen LogP contribution >= 0.6 is 11.8 Å². The van der Waals surface area contributed by atoms with Crippen LogP contribution < -0.4 is 5.56 Å². The van der Waals surface area contributed by atoms with E-state index >= 15 is 0 Å². The third-order valence-corrected chi connectivity index (χ3v) is 5.23. The molecule has 5 nitrogen and oxygen atoms in total. The summed E-state index contributed by atoms with van der Waals surface area (Å²) >= 11 is 1.36. The van der Waals surface area contributed by atoms with Gasteiger partial charge in [0.1, 0.15) is 0 Å². The van der Waals surface area contributed by atoms with Gasteiger partial charge in [0, 0.05) is 20.1 Å². The van der Waals surface area contributed by atoms with Crippen molar-refractivity contribution in [2.45, 2.75) is 36.9 Å². The van der Waals surface area contributed by atoms with E-state index < -0.39 is 0 Å². The van der Waals surface area contributed by atoms with E-state index in [2.05, 4.69) is 4.98 Å². The first-order valence-corrected chi connectivity index (χ1v) is 8.90. The molecule has 1 aliphatic rings. The first-order valence-electron chi connectivity index (χ1n) is 7.92. The van der Waals surface area contributed by atoms with E-state index in [1.165, 1.54) is 11.8 Å². The number of carbonyl (C=O) groups is 1. The SMILES string of the molecule is CN(C)C(=O)CSc1nc2ccccc2c(=O)n1C1CCCC1. The van der Waals surface area contributed by atoms with Gasteiger partial charge in [0.2, 0.25) is 5.91 Å². The molecular weight excluding hydrogens is 310 g/mol. The monoisotopic (exact) mass is 331 g/mol. The molecule has 1 aliphatic carbocycles. The van der Waals surface area contributed by atoms with Crippen LogP contribution in [-0.2, 0) is 4.79 Å². The summed E-state index contributed by atoms with van der Waals surface area (Å²) in [6.45, 7) is 0. The summed E-state index contributed by atoms with van der Waals surface area (Å²) in [5.74, 6) is 0.320. The summed E-state index contributed by atoms with van der Waals surface area (Å²) in [6.07, 6.45) is 4.31. The minimum absolute atomic E-state index is 0.0160. The van der Waals surface area contributed by atoms with E-state index in [1.807, 2.05) is 28.8 Å². The van der Waals surface area contributed by atoms with Crippen molar-refractivity contribution < 1.29 is 4.79 Å². The predicted octanol–water partition coefficient (Wildman–Crippen LogP) is 2.69. The highest BCUT2D eigenvalue weighted by Crippen LogP contribution is 2.32. The van der Waals surface area contributed by atoms with Gasteiger partial charge < -0.3 is 4.90 Å². The first kappa shape index (κ1) is 16.1. The average molecular weight is 331 g/mol. The largest absolute Gasteiger partial charge is 0.348 e. The smallest absolute Gasteiger partial charge is 0.262 e. The normalized spacial score (nSPS) is 15.2. The Bertz CT molecular complexity index is 779.